The second-order valence-corrected chi connectivity index (χ2v) is 13.4. The minimum absolute atomic E-state index is 0.0610. The van der Waals surface area contributed by atoms with Crippen LogP contribution in [-0.4, -0.2) is 73.2 Å². The lowest BCUT2D eigenvalue weighted by Gasteiger charge is -2.25. The fraction of sp³-hybridized carbons (Fsp3) is 0.395. The third-order valence-electron chi connectivity index (χ3n) is 8.61. The van der Waals surface area contributed by atoms with Gasteiger partial charge >= 0.3 is 12.1 Å². The molecule has 8 nitrogen and oxygen atoms in total. The number of hydrogen-bond donors (Lipinski definition) is 1. The normalized spacial score (nSPS) is 18.5. The summed E-state index contributed by atoms with van der Waals surface area (Å²) in [5.74, 6) is 0.389. The molecule has 0 saturated carbocycles. The number of nitrogens with one attached hydrogen (secondary N) is 1. The maximum Gasteiger partial charge on any atom is 0.410 e. The van der Waals surface area contributed by atoms with Gasteiger partial charge in [0.1, 0.15) is 5.60 Å². The van der Waals surface area contributed by atoms with E-state index in [0.29, 0.717) is 37.9 Å². The molecule has 2 atom stereocenters. The molecule has 2 amide bonds. The van der Waals surface area contributed by atoms with Crippen LogP contribution in [0.15, 0.2) is 78.9 Å². The van der Waals surface area contributed by atoms with E-state index in [1.54, 1.807) is 4.90 Å². The van der Waals surface area contributed by atoms with Crippen LogP contribution in [0.2, 0.25) is 0 Å². The molecule has 3 aromatic carbocycles. The Bertz CT molecular complexity index is 1540. The first-order valence-electron chi connectivity index (χ1n) is 16.0. The Morgan fingerprint density at radius 1 is 0.783 bits per heavy atom. The van der Waals surface area contributed by atoms with Gasteiger partial charge in [-0.15, -0.1) is 0 Å². The van der Waals surface area contributed by atoms with Gasteiger partial charge in [0.25, 0.3) is 0 Å². The average Bonchev–Trinajstić information content (AvgIpc) is 3.59. The number of rotatable bonds is 9. The van der Waals surface area contributed by atoms with Gasteiger partial charge < -0.3 is 19.7 Å². The molecule has 2 aliphatic rings. The van der Waals surface area contributed by atoms with E-state index in [1.165, 1.54) is 12.7 Å². The monoisotopic (exact) mass is 623 g/mol. The van der Waals surface area contributed by atoms with E-state index in [0.717, 1.165) is 46.6 Å². The van der Waals surface area contributed by atoms with Gasteiger partial charge in [0.15, 0.2) is 0 Å². The highest BCUT2D eigenvalue weighted by Gasteiger charge is 2.43. The van der Waals surface area contributed by atoms with Crippen LogP contribution in [0.1, 0.15) is 55.9 Å². The van der Waals surface area contributed by atoms with Gasteiger partial charge in [-0.2, -0.15) is 0 Å². The number of hydrogen-bond acceptors (Lipinski definition) is 6. The van der Waals surface area contributed by atoms with Crippen LogP contribution >= 0.6 is 0 Å². The number of ether oxygens (including phenoxy) is 2. The number of esters is 1. The van der Waals surface area contributed by atoms with E-state index >= 15 is 0 Å². The summed E-state index contributed by atoms with van der Waals surface area (Å²) in [5.41, 5.74) is 6.56. The molecule has 0 bridgehead atoms. The van der Waals surface area contributed by atoms with Crippen molar-refractivity contribution in [3.8, 4) is 0 Å². The molecule has 242 valence electrons. The quantitative estimate of drug-likeness (QED) is 0.212. The molecule has 3 aromatic rings. The fourth-order valence-corrected chi connectivity index (χ4v) is 6.44. The number of fused-ring (bicyclic) bond motifs is 1. The van der Waals surface area contributed by atoms with Gasteiger partial charge in [0.05, 0.1) is 13.7 Å². The van der Waals surface area contributed by atoms with Gasteiger partial charge in [0, 0.05) is 38.3 Å². The number of carbonyl (C=O) groups is 3. The molecule has 5 rings (SSSR count). The first-order valence-corrected chi connectivity index (χ1v) is 16.0. The van der Waals surface area contributed by atoms with Crippen LogP contribution in [0.3, 0.4) is 0 Å². The Labute approximate surface area is 272 Å². The predicted molar refractivity (Wildman–Crippen MR) is 181 cm³/mol. The fourth-order valence-electron chi connectivity index (χ4n) is 6.44. The number of aryl methyl sites for hydroxylation is 1. The van der Waals surface area contributed by atoms with Crippen molar-refractivity contribution < 1.29 is 23.9 Å². The number of benzene rings is 3. The van der Waals surface area contributed by atoms with Crippen molar-refractivity contribution in [1.82, 2.24) is 9.80 Å². The first kappa shape index (κ1) is 32.9. The number of likely N-dealkylation sites (tertiary alicyclic amines) is 2. The number of allylic oxidation sites excluding steroid dienone is 1. The van der Waals surface area contributed by atoms with E-state index in [2.05, 4.69) is 53.5 Å². The summed E-state index contributed by atoms with van der Waals surface area (Å²) in [6.45, 7) is 10.9. The van der Waals surface area contributed by atoms with Crippen LogP contribution < -0.4 is 5.32 Å². The third kappa shape index (κ3) is 8.43. The third-order valence-corrected chi connectivity index (χ3v) is 8.61. The van der Waals surface area contributed by atoms with Crippen LogP contribution in [0.25, 0.3) is 11.1 Å². The Balaban J connectivity index is 1.28. The van der Waals surface area contributed by atoms with Crippen LogP contribution in [0.5, 0.6) is 0 Å². The molecule has 0 unspecified atom stereocenters. The highest BCUT2D eigenvalue weighted by molar-refractivity contribution is 6.00. The van der Waals surface area contributed by atoms with Crippen molar-refractivity contribution in [2.45, 2.75) is 46.1 Å². The minimum atomic E-state index is -0.510. The van der Waals surface area contributed by atoms with E-state index in [9.17, 15) is 14.4 Å². The summed E-state index contributed by atoms with van der Waals surface area (Å²) >= 11 is 0. The average molecular weight is 624 g/mol. The highest BCUT2D eigenvalue weighted by atomic mass is 16.6. The molecule has 2 heterocycles. The molecule has 1 N–H and O–H groups in total. The van der Waals surface area contributed by atoms with Gasteiger partial charge in [-0.25, -0.2) is 4.79 Å². The number of nitrogens with zero attached hydrogens (tertiary/aromatic N) is 2. The molecule has 46 heavy (non-hydrogen) atoms. The van der Waals surface area contributed by atoms with Crippen molar-refractivity contribution >= 4 is 34.8 Å². The standard InChI is InChI=1S/C38H45N3O5/c1-26-11-13-28(14-12-26)36(33(19-20-35(43)45-5)27-9-7-6-8-10-27)29-15-17-32(18-16-29)39-34(42)25-40-21-30-23-41(24-31(30)22-40)37(44)46-38(2,3)4/h6-18,30-31H,19-25H2,1-5H3,(H,39,42)/b36-33-/t30-,31+. The van der Waals surface area contributed by atoms with Crippen molar-refractivity contribution in [1.29, 1.82) is 0 Å². The maximum absolute atomic E-state index is 13.1. The topological polar surface area (TPSA) is 88.2 Å². The number of anilines is 1. The smallest absolute Gasteiger partial charge is 0.410 e. The number of carbonyl (C=O) groups excluding carboxylic acids is 3. The lowest BCUT2D eigenvalue weighted by molar-refractivity contribution is -0.140. The van der Waals surface area contributed by atoms with Crippen molar-refractivity contribution in [2.75, 3.05) is 45.2 Å². The molecule has 2 fully saturated rings. The zero-order valence-corrected chi connectivity index (χ0v) is 27.5. The SMILES string of the molecule is COC(=O)CC/C(=C(\c1ccc(C)cc1)c1ccc(NC(=O)CN2C[C@@H]3CN(C(=O)OC(C)(C)C)C[C@@H]3C2)cc1)c1ccccc1. The van der Waals surface area contributed by atoms with Gasteiger partial charge in [-0.05, 0) is 85.9 Å². The zero-order chi connectivity index (χ0) is 32.8. The number of methoxy groups -OCH3 is 1. The van der Waals surface area contributed by atoms with E-state index in [1.807, 2.05) is 63.2 Å². The van der Waals surface area contributed by atoms with Gasteiger partial charge in [-0.1, -0.05) is 72.3 Å². The van der Waals surface area contributed by atoms with Crippen molar-refractivity contribution in [2.24, 2.45) is 11.8 Å². The van der Waals surface area contributed by atoms with Crippen LogP contribution in [-0.2, 0) is 19.1 Å². The largest absolute Gasteiger partial charge is 0.469 e. The molecule has 2 aliphatic heterocycles. The Morgan fingerprint density at radius 2 is 1.37 bits per heavy atom. The molecule has 0 spiro atoms. The summed E-state index contributed by atoms with van der Waals surface area (Å²) in [5, 5.41) is 3.07. The molecule has 0 aliphatic carbocycles. The lowest BCUT2D eigenvalue weighted by atomic mass is 9.87. The predicted octanol–water partition coefficient (Wildman–Crippen LogP) is 6.64. The van der Waals surface area contributed by atoms with E-state index < -0.39 is 5.60 Å². The summed E-state index contributed by atoms with van der Waals surface area (Å²) in [4.78, 5) is 41.7. The minimum Gasteiger partial charge on any atom is -0.469 e. The van der Waals surface area contributed by atoms with E-state index in [-0.39, 0.29) is 24.4 Å². The zero-order valence-electron chi connectivity index (χ0n) is 27.5. The summed E-state index contributed by atoms with van der Waals surface area (Å²) < 4.78 is 10.5. The van der Waals surface area contributed by atoms with Crippen LogP contribution in [0, 0.1) is 18.8 Å². The second-order valence-electron chi connectivity index (χ2n) is 13.4. The molecule has 2 saturated heterocycles. The lowest BCUT2D eigenvalue weighted by Crippen LogP contribution is -2.38. The molecule has 0 radical (unpaired) electrons. The summed E-state index contributed by atoms with van der Waals surface area (Å²) in [6, 6.07) is 26.4. The molecule has 0 aromatic heterocycles. The Kier molecular flexibility index (Phi) is 10.3. The highest BCUT2D eigenvalue weighted by Crippen LogP contribution is 2.36. The maximum atomic E-state index is 13.1. The first-order chi connectivity index (χ1) is 22.0. The summed E-state index contributed by atoms with van der Waals surface area (Å²) in [6.07, 6.45) is 0.530. The van der Waals surface area contributed by atoms with Crippen molar-refractivity contribution in [3.05, 3.63) is 101 Å². The summed E-state index contributed by atoms with van der Waals surface area (Å²) in [7, 11) is 1.41. The Hall–Kier alpha value is -4.43. The van der Waals surface area contributed by atoms with Gasteiger partial charge in [-0.3, -0.25) is 14.5 Å². The molecular formula is C38H45N3O5. The Morgan fingerprint density at radius 3 is 1.93 bits per heavy atom. The van der Waals surface area contributed by atoms with Crippen molar-refractivity contribution in [3.63, 3.8) is 0 Å². The van der Waals surface area contributed by atoms with Crippen LogP contribution in [0.4, 0.5) is 10.5 Å². The van der Waals surface area contributed by atoms with E-state index in [4.69, 9.17) is 9.47 Å². The number of amides is 2. The van der Waals surface area contributed by atoms with Gasteiger partial charge in [0.2, 0.25) is 5.91 Å². The molecule has 8 heteroatoms. The second kappa shape index (κ2) is 14.3. The molecular weight excluding hydrogens is 578 g/mol.